The van der Waals surface area contributed by atoms with Crippen molar-refractivity contribution in [2.75, 3.05) is 14.2 Å². The molecule has 4 nitrogen and oxygen atoms in total. The van der Waals surface area contributed by atoms with Crippen LogP contribution in [-0.4, -0.2) is 26.0 Å². The van der Waals surface area contributed by atoms with Gasteiger partial charge in [0.1, 0.15) is 22.8 Å². The fourth-order valence-corrected chi connectivity index (χ4v) is 2.32. The molecule has 1 aliphatic rings. The zero-order valence-corrected chi connectivity index (χ0v) is 10.2. The smallest absolute Gasteiger partial charge is 0.317 e. The molecule has 0 heterocycles. The maximum atomic E-state index is 13.3. The van der Waals surface area contributed by atoms with Gasteiger partial charge in [-0.2, -0.15) is 0 Å². The number of ketones is 1. The first-order valence-corrected chi connectivity index (χ1v) is 5.47. The Balaban J connectivity index is 2.53. The van der Waals surface area contributed by atoms with Gasteiger partial charge in [-0.3, -0.25) is 9.59 Å². The molecule has 0 saturated heterocycles. The lowest BCUT2D eigenvalue weighted by Gasteiger charge is -2.38. The minimum atomic E-state index is -1.10. The molecule has 0 bridgehead atoms. The number of benzene rings is 1. The number of carbonyl (C=O) groups is 2. The van der Waals surface area contributed by atoms with Gasteiger partial charge in [0, 0.05) is 18.4 Å². The lowest BCUT2D eigenvalue weighted by molar-refractivity contribution is -0.156. The van der Waals surface area contributed by atoms with Crippen LogP contribution in [0.4, 0.5) is 4.39 Å². The molecule has 1 saturated carbocycles. The van der Waals surface area contributed by atoms with Crippen molar-refractivity contribution < 1.29 is 23.5 Å². The number of hydrogen-bond donors (Lipinski definition) is 0. The SMILES string of the molecule is COC(=O)C1(c2cc(F)ccc2OC)CC(=O)C1. The quantitative estimate of drug-likeness (QED) is 0.767. The summed E-state index contributed by atoms with van der Waals surface area (Å²) in [4.78, 5) is 23.1. The largest absolute Gasteiger partial charge is 0.496 e. The number of hydrogen-bond acceptors (Lipinski definition) is 4. The van der Waals surface area contributed by atoms with Crippen molar-refractivity contribution in [2.45, 2.75) is 18.3 Å². The van der Waals surface area contributed by atoms with Gasteiger partial charge in [0.2, 0.25) is 0 Å². The van der Waals surface area contributed by atoms with E-state index in [2.05, 4.69) is 0 Å². The molecule has 1 aromatic rings. The Kier molecular flexibility index (Phi) is 3.07. The second-order valence-electron chi connectivity index (χ2n) is 4.31. The van der Waals surface area contributed by atoms with Crippen molar-refractivity contribution in [3.8, 4) is 5.75 Å². The number of methoxy groups -OCH3 is 2. The lowest BCUT2D eigenvalue weighted by Crippen LogP contribution is -2.49. The van der Waals surface area contributed by atoms with E-state index in [0.29, 0.717) is 11.3 Å². The predicted molar refractivity (Wildman–Crippen MR) is 60.9 cm³/mol. The van der Waals surface area contributed by atoms with E-state index in [0.717, 1.165) is 0 Å². The van der Waals surface area contributed by atoms with Gasteiger partial charge in [-0.15, -0.1) is 0 Å². The molecule has 96 valence electrons. The number of esters is 1. The molecule has 0 atom stereocenters. The Labute approximate surface area is 104 Å². The average molecular weight is 252 g/mol. The Morgan fingerprint density at radius 2 is 2.00 bits per heavy atom. The van der Waals surface area contributed by atoms with E-state index in [1.165, 1.54) is 32.4 Å². The van der Waals surface area contributed by atoms with Gasteiger partial charge >= 0.3 is 5.97 Å². The molecule has 0 aliphatic heterocycles. The van der Waals surface area contributed by atoms with Gasteiger partial charge in [0.15, 0.2) is 0 Å². The summed E-state index contributed by atoms with van der Waals surface area (Å²) in [6.45, 7) is 0. The van der Waals surface area contributed by atoms with E-state index < -0.39 is 17.2 Å². The molecule has 1 aromatic carbocycles. The highest BCUT2D eigenvalue weighted by Gasteiger charge is 2.53. The molecular formula is C13H13FO4. The van der Waals surface area contributed by atoms with Gasteiger partial charge in [0.25, 0.3) is 0 Å². The number of ether oxygens (including phenoxy) is 2. The van der Waals surface area contributed by atoms with Crippen molar-refractivity contribution in [3.05, 3.63) is 29.6 Å². The zero-order valence-electron chi connectivity index (χ0n) is 10.2. The third kappa shape index (κ3) is 1.75. The highest BCUT2D eigenvalue weighted by Crippen LogP contribution is 2.46. The molecule has 2 rings (SSSR count). The van der Waals surface area contributed by atoms with Crippen LogP contribution in [0.5, 0.6) is 5.75 Å². The van der Waals surface area contributed by atoms with Crippen LogP contribution in [0.15, 0.2) is 18.2 Å². The normalized spacial score (nSPS) is 16.9. The molecule has 0 radical (unpaired) electrons. The van der Waals surface area contributed by atoms with Crippen LogP contribution in [0, 0.1) is 5.82 Å². The number of Topliss-reactive ketones (excluding diaryl/α,β-unsaturated/α-hetero) is 1. The first-order valence-electron chi connectivity index (χ1n) is 5.47. The summed E-state index contributed by atoms with van der Waals surface area (Å²) >= 11 is 0. The minimum Gasteiger partial charge on any atom is -0.496 e. The van der Waals surface area contributed by atoms with Gasteiger partial charge in [-0.25, -0.2) is 4.39 Å². The highest BCUT2D eigenvalue weighted by atomic mass is 19.1. The van der Waals surface area contributed by atoms with E-state index >= 15 is 0 Å². The Hall–Kier alpha value is -1.91. The molecule has 1 fully saturated rings. The van der Waals surface area contributed by atoms with E-state index in [4.69, 9.17) is 9.47 Å². The van der Waals surface area contributed by atoms with E-state index in [9.17, 15) is 14.0 Å². The van der Waals surface area contributed by atoms with Gasteiger partial charge in [-0.1, -0.05) is 0 Å². The highest BCUT2D eigenvalue weighted by molar-refractivity contribution is 6.02. The maximum Gasteiger partial charge on any atom is 0.317 e. The first kappa shape index (κ1) is 12.5. The fraction of sp³-hybridized carbons (Fsp3) is 0.385. The maximum absolute atomic E-state index is 13.3. The molecule has 0 spiro atoms. The van der Waals surface area contributed by atoms with Crippen molar-refractivity contribution in [2.24, 2.45) is 0 Å². The molecule has 18 heavy (non-hydrogen) atoms. The van der Waals surface area contributed by atoms with Crippen LogP contribution in [-0.2, 0) is 19.7 Å². The second-order valence-corrected chi connectivity index (χ2v) is 4.31. The third-order valence-electron chi connectivity index (χ3n) is 3.25. The molecular weight excluding hydrogens is 239 g/mol. The molecule has 0 unspecified atom stereocenters. The summed E-state index contributed by atoms with van der Waals surface area (Å²) in [5.41, 5.74) is -0.726. The summed E-state index contributed by atoms with van der Waals surface area (Å²) in [6.07, 6.45) is 0.0545. The Morgan fingerprint density at radius 1 is 1.33 bits per heavy atom. The topological polar surface area (TPSA) is 52.6 Å². The fourth-order valence-electron chi connectivity index (χ4n) is 2.32. The summed E-state index contributed by atoms with van der Waals surface area (Å²) in [5.74, 6) is -0.680. The standard InChI is InChI=1S/C13H13FO4/c1-17-11-4-3-8(14)5-10(11)13(12(16)18-2)6-9(15)7-13/h3-5H,6-7H2,1-2H3. The molecule has 5 heteroatoms. The molecule has 0 aromatic heterocycles. The van der Waals surface area contributed by atoms with Crippen LogP contribution in [0.2, 0.25) is 0 Å². The van der Waals surface area contributed by atoms with Crippen LogP contribution in [0.1, 0.15) is 18.4 Å². The first-order chi connectivity index (χ1) is 8.53. The zero-order chi connectivity index (χ0) is 13.3. The number of rotatable bonds is 3. The molecule has 1 aliphatic carbocycles. The van der Waals surface area contributed by atoms with Crippen LogP contribution in [0.3, 0.4) is 0 Å². The van der Waals surface area contributed by atoms with Gasteiger partial charge in [0.05, 0.1) is 14.2 Å². The molecule has 0 N–H and O–H groups in total. The minimum absolute atomic E-state index is 0.0273. The van der Waals surface area contributed by atoms with Crippen LogP contribution in [0.25, 0.3) is 0 Å². The summed E-state index contributed by atoms with van der Waals surface area (Å²) < 4.78 is 23.2. The van der Waals surface area contributed by atoms with Crippen molar-refractivity contribution in [1.82, 2.24) is 0 Å². The lowest BCUT2D eigenvalue weighted by atomic mass is 9.63. The number of halogens is 1. The average Bonchev–Trinajstić information content (AvgIpc) is 2.33. The van der Waals surface area contributed by atoms with E-state index in [-0.39, 0.29) is 18.6 Å². The number of carbonyl (C=O) groups excluding carboxylic acids is 2. The van der Waals surface area contributed by atoms with Crippen molar-refractivity contribution in [1.29, 1.82) is 0 Å². The van der Waals surface area contributed by atoms with Crippen LogP contribution < -0.4 is 4.74 Å². The van der Waals surface area contributed by atoms with Crippen molar-refractivity contribution in [3.63, 3.8) is 0 Å². The monoisotopic (exact) mass is 252 g/mol. The predicted octanol–water partition coefficient (Wildman–Crippen LogP) is 1.61. The third-order valence-corrected chi connectivity index (χ3v) is 3.25. The Bertz CT molecular complexity index is 502. The van der Waals surface area contributed by atoms with Crippen molar-refractivity contribution >= 4 is 11.8 Å². The summed E-state index contributed by atoms with van der Waals surface area (Å²) in [6, 6.07) is 3.91. The van der Waals surface area contributed by atoms with Crippen LogP contribution >= 0.6 is 0 Å². The second kappa shape index (κ2) is 4.40. The van der Waals surface area contributed by atoms with E-state index in [1.54, 1.807) is 0 Å². The Morgan fingerprint density at radius 3 is 2.50 bits per heavy atom. The summed E-state index contributed by atoms with van der Waals surface area (Å²) in [7, 11) is 2.68. The van der Waals surface area contributed by atoms with Gasteiger partial charge in [-0.05, 0) is 18.2 Å². The van der Waals surface area contributed by atoms with E-state index in [1.807, 2.05) is 0 Å². The molecule has 0 amide bonds. The summed E-state index contributed by atoms with van der Waals surface area (Å²) in [5, 5.41) is 0. The van der Waals surface area contributed by atoms with Gasteiger partial charge < -0.3 is 9.47 Å².